The molecule has 0 saturated heterocycles. The monoisotopic (exact) mass is 774 g/mol. The van der Waals surface area contributed by atoms with Gasteiger partial charge in [0, 0.05) is 11.5 Å². The fraction of sp³-hybridized carbons (Fsp3) is 0.405. The molecule has 0 amide bonds. The van der Waals surface area contributed by atoms with Gasteiger partial charge in [-0.1, -0.05) is 81.4 Å². The second kappa shape index (κ2) is 13.8. The molecule has 3 aliphatic carbocycles. The summed E-state index contributed by atoms with van der Waals surface area (Å²) >= 11 is 0. The first kappa shape index (κ1) is 38.5. The van der Waals surface area contributed by atoms with Crippen LogP contribution in [0.4, 0.5) is 13.2 Å². The van der Waals surface area contributed by atoms with E-state index in [0.29, 0.717) is 0 Å². The van der Waals surface area contributed by atoms with Crippen LogP contribution in [0.1, 0.15) is 82.0 Å². The van der Waals surface area contributed by atoms with E-state index in [0.717, 1.165) is 23.3 Å². The number of halogens is 3. The molecule has 13 heteroatoms. The molecule has 0 aliphatic heterocycles. The molecule has 0 unspecified atom stereocenters. The number of ether oxygens (including phenoxy) is 2. The zero-order valence-electron chi connectivity index (χ0n) is 31.9. The lowest BCUT2D eigenvalue weighted by atomic mass is 9.58. The van der Waals surface area contributed by atoms with Gasteiger partial charge in [-0.25, -0.2) is 0 Å². The van der Waals surface area contributed by atoms with Gasteiger partial charge >= 0.3 is 6.18 Å². The summed E-state index contributed by atoms with van der Waals surface area (Å²) in [5.41, 5.74) is -2.15. The smallest absolute Gasteiger partial charge is 0.416 e. The van der Waals surface area contributed by atoms with Crippen molar-refractivity contribution in [1.29, 1.82) is 0 Å². The molecule has 3 aliphatic rings. The molecule has 0 spiro atoms. The molecule has 4 aromatic rings. The molecular formula is C42H45F3N2O7Si. The number of aliphatic hydroxyl groups excluding tert-OH is 1. The summed E-state index contributed by atoms with van der Waals surface area (Å²) in [5.74, 6) is -3.81. The van der Waals surface area contributed by atoms with Gasteiger partial charge in [-0.15, -0.1) is 0 Å². The van der Waals surface area contributed by atoms with E-state index < -0.39 is 65.9 Å². The topological polar surface area (TPSA) is 111 Å². The minimum Gasteiger partial charge on any atom is -0.508 e. The van der Waals surface area contributed by atoms with Crippen molar-refractivity contribution in [2.45, 2.75) is 82.8 Å². The van der Waals surface area contributed by atoms with E-state index in [-0.39, 0.29) is 65.7 Å². The normalized spacial score (nSPS) is 22.6. The predicted octanol–water partition coefficient (Wildman–Crippen LogP) is 9.30. The second-order valence-electron chi connectivity index (χ2n) is 16.4. The molecule has 55 heavy (non-hydrogen) atoms. The molecule has 9 nitrogen and oxygen atoms in total. The Balaban J connectivity index is 1.43. The molecular weight excluding hydrogens is 730 g/mol. The van der Waals surface area contributed by atoms with Crippen molar-refractivity contribution >= 4 is 19.9 Å². The molecule has 290 valence electrons. The summed E-state index contributed by atoms with van der Waals surface area (Å²) in [5, 5.41) is 16.5. The SMILES string of the molecule is CN(C)[C@@H]1c2onc(OCc3ccccc3)c2C(=O)[C@@]2(O[Si](C)(C)C(C)(C)C)C(O)=C3C(=O)c4c(OCc5ccccc5)ccc(C(F)(F)F)c4C[C@H]3C[C@@H]12. The van der Waals surface area contributed by atoms with Crippen molar-refractivity contribution in [2.24, 2.45) is 11.8 Å². The Morgan fingerprint density at radius 2 is 1.51 bits per heavy atom. The van der Waals surface area contributed by atoms with Gasteiger partial charge in [0.2, 0.25) is 5.78 Å². The van der Waals surface area contributed by atoms with Crippen molar-refractivity contribution in [1.82, 2.24) is 10.1 Å². The number of alkyl halides is 3. The van der Waals surface area contributed by atoms with Crippen LogP contribution >= 0.6 is 0 Å². The maximum Gasteiger partial charge on any atom is 0.416 e. The first-order valence-electron chi connectivity index (χ1n) is 18.3. The highest BCUT2D eigenvalue weighted by Crippen LogP contribution is 2.60. The average Bonchev–Trinajstić information content (AvgIpc) is 3.54. The number of Topliss-reactive ketones (excluding diaryl/α,β-unsaturated/α-hetero) is 2. The van der Waals surface area contributed by atoms with Crippen LogP contribution in [0.15, 0.2) is 88.7 Å². The Bertz CT molecular complexity index is 2160. The second-order valence-corrected chi connectivity index (χ2v) is 21.1. The molecule has 0 fully saturated rings. The van der Waals surface area contributed by atoms with Gasteiger partial charge in [-0.2, -0.15) is 13.2 Å². The lowest BCUT2D eigenvalue weighted by Gasteiger charge is -2.55. The largest absolute Gasteiger partial charge is 0.508 e. The number of carbonyl (C=O) groups excluding carboxylic acids is 2. The number of aliphatic hydroxyl groups is 1. The van der Waals surface area contributed by atoms with Crippen molar-refractivity contribution in [3.63, 3.8) is 0 Å². The van der Waals surface area contributed by atoms with E-state index in [9.17, 15) is 23.1 Å². The van der Waals surface area contributed by atoms with Gasteiger partial charge in [0.25, 0.3) is 5.88 Å². The zero-order chi connectivity index (χ0) is 39.7. The Kier molecular flexibility index (Phi) is 9.66. The lowest BCUT2D eigenvalue weighted by molar-refractivity contribution is -0.138. The summed E-state index contributed by atoms with van der Waals surface area (Å²) in [6.07, 6.45) is -4.97. The third-order valence-corrected chi connectivity index (χ3v) is 16.2. The number of allylic oxidation sites excluding steroid dienone is 1. The molecule has 1 N–H and O–H groups in total. The van der Waals surface area contributed by atoms with E-state index in [2.05, 4.69) is 5.16 Å². The maximum atomic E-state index is 15.4. The molecule has 1 aromatic heterocycles. The fourth-order valence-corrected chi connectivity index (χ4v) is 9.52. The number of aromatic nitrogens is 1. The van der Waals surface area contributed by atoms with Gasteiger partial charge < -0.3 is 23.5 Å². The van der Waals surface area contributed by atoms with Gasteiger partial charge in [-0.05, 0) is 85.0 Å². The number of nitrogens with zero attached hydrogens (tertiary/aromatic N) is 2. The lowest BCUT2D eigenvalue weighted by Crippen LogP contribution is -2.65. The minimum absolute atomic E-state index is 0.00803. The molecule has 0 saturated carbocycles. The Morgan fingerprint density at radius 3 is 2.07 bits per heavy atom. The van der Waals surface area contributed by atoms with Crippen molar-refractivity contribution in [2.75, 3.05) is 14.1 Å². The first-order chi connectivity index (χ1) is 25.9. The average molecular weight is 775 g/mol. The molecule has 1 heterocycles. The van der Waals surface area contributed by atoms with Crippen LogP contribution < -0.4 is 9.47 Å². The van der Waals surface area contributed by atoms with Crippen LogP contribution in [0.2, 0.25) is 18.1 Å². The third-order valence-electron chi connectivity index (χ3n) is 11.7. The Labute approximate surface area is 319 Å². The van der Waals surface area contributed by atoms with Crippen LogP contribution in [-0.2, 0) is 30.2 Å². The van der Waals surface area contributed by atoms with Crippen LogP contribution in [0, 0.1) is 11.8 Å². The van der Waals surface area contributed by atoms with E-state index in [1.54, 1.807) is 38.4 Å². The summed E-state index contributed by atoms with van der Waals surface area (Å²) < 4.78 is 69.2. The number of benzene rings is 3. The fourth-order valence-electron chi connectivity index (χ4n) is 8.07. The summed E-state index contributed by atoms with van der Waals surface area (Å²) in [6.45, 7) is 9.93. The van der Waals surface area contributed by atoms with E-state index in [1.807, 2.05) is 75.2 Å². The number of ketones is 2. The Morgan fingerprint density at radius 1 is 0.909 bits per heavy atom. The molecule has 4 atom stereocenters. The highest BCUT2D eigenvalue weighted by Gasteiger charge is 2.67. The van der Waals surface area contributed by atoms with Gasteiger partial charge in [0.1, 0.15) is 30.3 Å². The highest BCUT2D eigenvalue weighted by molar-refractivity contribution is 6.74. The van der Waals surface area contributed by atoms with E-state index in [4.69, 9.17) is 18.4 Å². The first-order valence-corrected chi connectivity index (χ1v) is 21.2. The Hall–Kier alpha value is -4.72. The number of fused-ring (bicyclic) bond motifs is 4. The number of carbonyl (C=O) groups is 2. The minimum atomic E-state index is -4.77. The highest BCUT2D eigenvalue weighted by atomic mass is 28.4. The summed E-state index contributed by atoms with van der Waals surface area (Å²) in [4.78, 5) is 32.1. The van der Waals surface area contributed by atoms with Crippen LogP contribution in [0.5, 0.6) is 11.6 Å². The molecule has 3 aromatic carbocycles. The number of hydrogen-bond acceptors (Lipinski definition) is 9. The number of rotatable bonds is 9. The van der Waals surface area contributed by atoms with Gasteiger partial charge in [0.15, 0.2) is 25.5 Å². The zero-order valence-corrected chi connectivity index (χ0v) is 32.9. The summed E-state index contributed by atoms with van der Waals surface area (Å²) in [6, 6.07) is 19.7. The van der Waals surface area contributed by atoms with Crippen LogP contribution in [-0.4, -0.2) is 54.7 Å². The number of hydrogen-bond donors (Lipinski definition) is 1. The standard InChI is InChI=1S/C42H45F3N2O7Si/c1-40(2,3)55(6,7)54-41-29(34(47(4)5)36-33(38(41)50)39(46-53-36)52-23-25-16-12-9-13-17-25)21-26-20-27-28(42(43,44)45)18-19-30(32(27)35(48)31(26)37(41)49)51-22-24-14-10-8-11-15-24/h8-19,26,29,34,49H,20-23H2,1-7H3/t26-,29-,34-,41-/m0/s1. The third kappa shape index (κ3) is 6.49. The van der Waals surface area contributed by atoms with Crippen LogP contribution in [0.3, 0.4) is 0 Å². The van der Waals surface area contributed by atoms with Gasteiger partial charge in [0.05, 0.1) is 17.2 Å². The van der Waals surface area contributed by atoms with Gasteiger partial charge in [-0.3, -0.25) is 14.5 Å². The molecule has 0 bridgehead atoms. The van der Waals surface area contributed by atoms with Crippen molar-refractivity contribution < 1.29 is 46.3 Å². The van der Waals surface area contributed by atoms with E-state index >= 15 is 4.79 Å². The maximum absolute atomic E-state index is 15.4. The summed E-state index contributed by atoms with van der Waals surface area (Å²) in [7, 11) is 0.561. The molecule has 7 rings (SSSR count). The van der Waals surface area contributed by atoms with Crippen molar-refractivity contribution in [3.8, 4) is 11.6 Å². The quantitative estimate of drug-likeness (QED) is 0.166. The van der Waals surface area contributed by atoms with Crippen LogP contribution in [0.25, 0.3) is 0 Å². The molecule has 0 radical (unpaired) electrons. The van der Waals surface area contributed by atoms with Crippen molar-refractivity contribution in [3.05, 3.63) is 123 Å². The predicted molar refractivity (Wildman–Crippen MR) is 201 cm³/mol. The van der Waals surface area contributed by atoms with E-state index in [1.165, 1.54) is 0 Å².